The van der Waals surface area contributed by atoms with Crippen LogP contribution in [0.2, 0.25) is 0 Å². The molecule has 1 fully saturated rings. The predicted molar refractivity (Wildman–Crippen MR) is 175 cm³/mol. The van der Waals surface area contributed by atoms with Gasteiger partial charge in [0.05, 0.1) is 0 Å². The molecule has 1 saturated heterocycles. The molecule has 2 aromatic carbocycles. The van der Waals surface area contributed by atoms with Crippen molar-refractivity contribution < 1.29 is 14.3 Å². The number of ether oxygens (including phenoxy) is 2. The lowest BCUT2D eigenvalue weighted by Gasteiger charge is -2.37. The highest BCUT2D eigenvalue weighted by atomic mass is 16.5. The number of aryl methyl sites for hydroxylation is 3. The van der Waals surface area contributed by atoms with Crippen molar-refractivity contribution in [3.05, 3.63) is 86.3 Å². The Balaban J connectivity index is 1.61. The molecule has 43 heavy (non-hydrogen) atoms. The van der Waals surface area contributed by atoms with Gasteiger partial charge in [-0.2, -0.15) is 0 Å². The smallest absolute Gasteiger partial charge is 0.253 e. The molecule has 7 heteroatoms. The lowest BCUT2D eigenvalue weighted by molar-refractivity contribution is 0.0846. The van der Waals surface area contributed by atoms with E-state index >= 15 is 0 Å². The standard InChI is InChI=1S/C36H49N3O4/c1-6-17-42-18-9-8-10-28-11-13-29(14-12-28)30-22-32(35(40)37-24-33-25(3)21-26(4)38-36(33)41)27(5)34(23-30)39(7-2)31-15-19-43-20-16-31/h11-14,21-23,31H,6-10,15-20,24H2,1-5H3,(H,37,40)(H,38,41). The molecule has 3 aromatic rings. The molecular weight excluding hydrogens is 538 g/mol. The average Bonchev–Trinajstić information content (AvgIpc) is 3.00. The average molecular weight is 588 g/mol. The van der Waals surface area contributed by atoms with Gasteiger partial charge in [0.15, 0.2) is 0 Å². The molecule has 2 heterocycles. The zero-order chi connectivity index (χ0) is 30.8. The maximum Gasteiger partial charge on any atom is 0.253 e. The van der Waals surface area contributed by atoms with Crippen LogP contribution in [0.1, 0.15) is 84.3 Å². The van der Waals surface area contributed by atoms with E-state index in [1.165, 1.54) is 5.56 Å². The molecule has 1 aliphatic heterocycles. The number of aromatic amines is 1. The fourth-order valence-electron chi connectivity index (χ4n) is 6.03. The van der Waals surface area contributed by atoms with Crippen molar-refractivity contribution in [2.75, 3.05) is 37.9 Å². The van der Waals surface area contributed by atoms with Crippen molar-refractivity contribution in [3.63, 3.8) is 0 Å². The summed E-state index contributed by atoms with van der Waals surface area (Å²) in [7, 11) is 0. The number of hydrogen-bond donors (Lipinski definition) is 2. The van der Waals surface area contributed by atoms with Gasteiger partial charge >= 0.3 is 0 Å². The lowest BCUT2D eigenvalue weighted by atomic mass is 9.94. The monoisotopic (exact) mass is 587 g/mol. The second kappa shape index (κ2) is 15.9. The van der Waals surface area contributed by atoms with E-state index in [4.69, 9.17) is 9.47 Å². The second-order valence-corrected chi connectivity index (χ2v) is 11.7. The van der Waals surface area contributed by atoms with Gasteiger partial charge in [0.25, 0.3) is 11.5 Å². The quantitative estimate of drug-likeness (QED) is 0.206. The summed E-state index contributed by atoms with van der Waals surface area (Å²) in [4.78, 5) is 31.6. The number of hydrogen-bond acceptors (Lipinski definition) is 5. The number of benzene rings is 2. The van der Waals surface area contributed by atoms with Crippen molar-refractivity contribution in [3.8, 4) is 11.1 Å². The summed E-state index contributed by atoms with van der Waals surface area (Å²) in [6, 6.07) is 15.3. The zero-order valence-corrected chi connectivity index (χ0v) is 26.7. The number of H-pyrrole nitrogens is 1. The first kappa shape index (κ1) is 32.5. The van der Waals surface area contributed by atoms with Crippen molar-refractivity contribution in [2.24, 2.45) is 0 Å². The Bertz CT molecular complexity index is 1410. The minimum atomic E-state index is -0.176. The van der Waals surface area contributed by atoms with Crippen LogP contribution >= 0.6 is 0 Å². The van der Waals surface area contributed by atoms with Gasteiger partial charge in [0.1, 0.15) is 0 Å². The molecule has 1 aliphatic rings. The van der Waals surface area contributed by atoms with Crippen molar-refractivity contribution >= 4 is 11.6 Å². The van der Waals surface area contributed by atoms with Gasteiger partial charge < -0.3 is 24.7 Å². The molecule has 232 valence electrons. The number of amides is 1. The second-order valence-electron chi connectivity index (χ2n) is 11.7. The molecule has 0 saturated carbocycles. The molecule has 0 atom stereocenters. The molecule has 2 N–H and O–H groups in total. The van der Waals surface area contributed by atoms with Gasteiger partial charge in [0.2, 0.25) is 0 Å². The van der Waals surface area contributed by atoms with Gasteiger partial charge in [-0.15, -0.1) is 0 Å². The number of carbonyl (C=O) groups excluding carboxylic acids is 1. The van der Waals surface area contributed by atoms with Crippen LogP contribution in [0.25, 0.3) is 11.1 Å². The molecule has 7 nitrogen and oxygen atoms in total. The first-order chi connectivity index (χ1) is 20.8. The van der Waals surface area contributed by atoms with E-state index in [1.54, 1.807) is 0 Å². The number of unbranched alkanes of at least 4 members (excludes halogenated alkanes) is 1. The van der Waals surface area contributed by atoms with Gasteiger partial charge in [-0.3, -0.25) is 9.59 Å². The molecule has 4 rings (SSSR count). The summed E-state index contributed by atoms with van der Waals surface area (Å²) in [5.41, 5.74) is 8.18. The molecule has 1 aromatic heterocycles. The summed E-state index contributed by atoms with van der Waals surface area (Å²) in [6.45, 7) is 14.3. The number of pyridine rings is 1. The van der Waals surface area contributed by atoms with Crippen LogP contribution in [0, 0.1) is 20.8 Å². The minimum Gasteiger partial charge on any atom is -0.381 e. The number of aromatic nitrogens is 1. The van der Waals surface area contributed by atoms with Crippen LogP contribution in [0.3, 0.4) is 0 Å². The normalized spacial score (nSPS) is 13.7. The van der Waals surface area contributed by atoms with Crippen molar-refractivity contribution in [1.82, 2.24) is 10.3 Å². The largest absolute Gasteiger partial charge is 0.381 e. The Morgan fingerprint density at radius 2 is 1.74 bits per heavy atom. The third-order valence-electron chi connectivity index (χ3n) is 8.47. The van der Waals surface area contributed by atoms with Crippen LogP contribution in [0.5, 0.6) is 0 Å². The summed E-state index contributed by atoms with van der Waals surface area (Å²) >= 11 is 0. The number of nitrogens with zero attached hydrogens (tertiary/aromatic N) is 1. The third-order valence-corrected chi connectivity index (χ3v) is 8.47. The maximum atomic E-state index is 13.7. The Morgan fingerprint density at radius 3 is 2.42 bits per heavy atom. The van der Waals surface area contributed by atoms with Gasteiger partial charge in [0, 0.05) is 68.1 Å². The number of rotatable bonds is 14. The molecule has 0 bridgehead atoms. The Labute approximate surface area is 257 Å². The van der Waals surface area contributed by atoms with E-state index in [2.05, 4.69) is 59.4 Å². The van der Waals surface area contributed by atoms with Gasteiger partial charge in [-0.1, -0.05) is 31.2 Å². The van der Waals surface area contributed by atoms with Gasteiger partial charge in [-0.05, 0) is 112 Å². The third kappa shape index (κ3) is 8.58. The summed E-state index contributed by atoms with van der Waals surface area (Å²) in [5, 5.41) is 3.04. The highest BCUT2D eigenvalue weighted by Gasteiger charge is 2.25. The summed E-state index contributed by atoms with van der Waals surface area (Å²) < 4.78 is 11.3. The van der Waals surface area contributed by atoms with Crippen molar-refractivity contribution in [1.29, 1.82) is 0 Å². The number of nitrogens with one attached hydrogen (secondary N) is 2. The minimum absolute atomic E-state index is 0.158. The summed E-state index contributed by atoms with van der Waals surface area (Å²) in [5.74, 6) is -0.176. The molecule has 0 aliphatic carbocycles. The highest BCUT2D eigenvalue weighted by Crippen LogP contribution is 2.34. The first-order valence-corrected chi connectivity index (χ1v) is 16.0. The van der Waals surface area contributed by atoms with E-state index in [9.17, 15) is 9.59 Å². The molecule has 0 spiro atoms. The first-order valence-electron chi connectivity index (χ1n) is 16.0. The fourth-order valence-corrected chi connectivity index (χ4v) is 6.03. The number of carbonyl (C=O) groups is 1. The van der Waals surface area contributed by atoms with E-state index in [-0.39, 0.29) is 18.0 Å². The molecule has 0 radical (unpaired) electrons. The Kier molecular flexibility index (Phi) is 12.0. The van der Waals surface area contributed by atoms with Crippen LogP contribution in [-0.2, 0) is 22.4 Å². The van der Waals surface area contributed by atoms with Gasteiger partial charge in [-0.25, -0.2) is 0 Å². The van der Waals surface area contributed by atoms with E-state index < -0.39 is 0 Å². The number of anilines is 1. The van der Waals surface area contributed by atoms with E-state index in [0.717, 1.165) is 105 Å². The highest BCUT2D eigenvalue weighted by molar-refractivity contribution is 5.99. The topological polar surface area (TPSA) is 83.7 Å². The van der Waals surface area contributed by atoms with Crippen LogP contribution < -0.4 is 15.8 Å². The van der Waals surface area contributed by atoms with Crippen LogP contribution in [0.15, 0.2) is 47.3 Å². The van der Waals surface area contributed by atoms with E-state index in [1.807, 2.05) is 32.9 Å². The molecule has 1 amide bonds. The zero-order valence-electron chi connectivity index (χ0n) is 26.7. The molecular formula is C36H49N3O4. The van der Waals surface area contributed by atoms with Crippen LogP contribution in [0.4, 0.5) is 5.69 Å². The maximum absolute atomic E-state index is 13.7. The van der Waals surface area contributed by atoms with Crippen LogP contribution in [-0.4, -0.2) is 49.9 Å². The predicted octanol–water partition coefficient (Wildman–Crippen LogP) is 6.65. The summed E-state index contributed by atoms with van der Waals surface area (Å²) in [6.07, 6.45) is 6.17. The Hall–Kier alpha value is -3.42. The molecule has 0 unspecified atom stereocenters. The van der Waals surface area contributed by atoms with E-state index in [0.29, 0.717) is 17.2 Å². The van der Waals surface area contributed by atoms with Crippen molar-refractivity contribution in [2.45, 2.75) is 85.7 Å². The Morgan fingerprint density at radius 1 is 1.00 bits per heavy atom. The fraction of sp³-hybridized carbons (Fsp3) is 0.500. The lowest BCUT2D eigenvalue weighted by Crippen LogP contribution is -2.40. The SMILES string of the molecule is CCCOCCCCc1ccc(-c2cc(C(=O)NCc3c(C)cc(C)[nH]c3=O)c(C)c(N(CC)C3CCOCC3)c2)cc1.